The molecule has 0 aliphatic rings. The summed E-state index contributed by atoms with van der Waals surface area (Å²) in [4.78, 5) is 5.28. The monoisotopic (exact) mass is 308 g/mol. The van der Waals surface area contributed by atoms with Crippen LogP contribution < -0.4 is 0 Å². The minimum atomic E-state index is 0.520. The van der Waals surface area contributed by atoms with Crippen LogP contribution in [0.15, 0.2) is 20.2 Å². The zero-order valence-electron chi connectivity index (χ0n) is 11.2. The van der Waals surface area contributed by atoms with E-state index in [4.69, 9.17) is 8.94 Å². The smallest absolute Gasteiger partial charge is 0.277 e. The number of thioether (sulfide) groups is 1. The summed E-state index contributed by atoms with van der Waals surface area (Å²) in [7, 11) is 0. The summed E-state index contributed by atoms with van der Waals surface area (Å²) < 4.78 is 10.7. The standard InChI is InChI=1S/C12H12N4O2S2/c1-6-4-9(16-18-6)5-19-12-15-14-11(17-12)10-7(2)13-8(3)20-10/h4H,5H2,1-3H3. The first-order valence-corrected chi connectivity index (χ1v) is 7.75. The van der Waals surface area contributed by atoms with Gasteiger partial charge in [0.15, 0.2) is 0 Å². The molecule has 0 fully saturated rings. The molecule has 3 aromatic rings. The molecule has 8 heteroatoms. The van der Waals surface area contributed by atoms with E-state index in [0.29, 0.717) is 16.9 Å². The number of nitrogens with zero attached hydrogens (tertiary/aromatic N) is 4. The van der Waals surface area contributed by atoms with Crippen molar-refractivity contribution >= 4 is 23.1 Å². The third kappa shape index (κ3) is 2.75. The molecule has 0 amide bonds. The van der Waals surface area contributed by atoms with Gasteiger partial charge in [-0.15, -0.1) is 21.5 Å². The van der Waals surface area contributed by atoms with Gasteiger partial charge in [0.2, 0.25) is 0 Å². The molecule has 0 bridgehead atoms. The minimum Gasteiger partial charge on any atom is -0.410 e. The molecule has 0 radical (unpaired) electrons. The van der Waals surface area contributed by atoms with Gasteiger partial charge >= 0.3 is 0 Å². The number of aromatic nitrogens is 4. The van der Waals surface area contributed by atoms with Gasteiger partial charge in [0.1, 0.15) is 10.6 Å². The van der Waals surface area contributed by atoms with E-state index in [1.54, 1.807) is 11.3 Å². The molecule has 0 spiro atoms. The first-order valence-electron chi connectivity index (χ1n) is 5.94. The Kier molecular flexibility index (Phi) is 3.58. The fraction of sp³-hybridized carbons (Fsp3) is 0.333. The highest BCUT2D eigenvalue weighted by Gasteiger charge is 2.15. The Labute approximate surface area is 123 Å². The minimum absolute atomic E-state index is 0.520. The Balaban J connectivity index is 1.72. The Morgan fingerprint density at radius 3 is 2.75 bits per heavy atom. The second-order valence-electron chi connectivity index (χ2n) is 4.24. The lowest BCUT2D eigenvalue weighted by Crippen LogP contribution is -1.79. The lowest BCUT2D eigenvalue weighted by molar-refractivity contribution is 0.392. The van der Waals surface area contributed by atoms with Crippen molar-refractivity contribution in [1.29, 1.82) is 0 Å². The van der Waals surface area contributed by atoms with E-state index in [9.17, 15) is 0 Å². The zero-order chi connectivity index (χ0) is 14.1. The predicted octanol–water partition coefficient (Wildman–Crippen LogP) is 3.40. The molecule has 104 valence electrons. The van der Waals surface area contributed by atoms with Crippen LogP contribution in [0.1, 0.15) is 22.2 Å². The van der Waals surface area contributed by atoms with Gasteiger partial charge in [0, 0.05) is 11.8 Å². The SMILES string of the molecule is Cc1cc(CSc2nnc(-c3sc(C)nc3C)o2)no1. The number of rotatable bonds is 4. The van der Waals surface area contributed by atoms with Crippen molar-refractivity contribution in [1.82, 2.24) is 20.3 Å². The third-order valence-electron chi connectivity index (χ3n) is 2.52. The van der Waals surface area contributed by atoms with E-state index in [-0.39, 0.29) is 0 Å². The van der Waals surface area contributed by atoms with Crippen molar-refractivity contribution in [2.45, 2.75) is 31.7 Å². The normalized spacial score (nSPS) is 11.2. The van der Waals surface area contributed by atoms with E-state index in [2.05, 4.69) is 20.3 Å². The van der Waals surface area contributed by atoms with Crippen molar-refractivity contribution in [2.75, 3.05) is 0 Å². The summed E-state index contributed by atoms with van der Waals surface area (Å²) in [6.45, 7) is 5.76. The molecule has 3 aromatic heterocycles. The topological polar surface area (TPSA) is 77.8 Å². The van der Waals surface area contributed by atoms with Crippen LogP contribution in [0.4, 0.5) is 0 Å². The summed E-state index contributed by atoms with van der Waals surface area (Å²) in [5.41, 5.74) is 1.77. The van der Waals surface area contributed by atoms with E-state index in [1.165, 1.54) is 11.8 Å². The van der Waals surface area contributed by atoms with Gasteiger partial charge in [0.05, 0.1) is 16.4 Å². The summed E-state index contributed by atoms with van der Waals surface area (Å²) in [5.74, 6) is 1.95. The van der Waals surface area contributed by atoms with Crippen molar-refractivity contribution < 1.29 is 8.94 Å². The van der Waals surface area contributed by atoms with E-state index < -0.39 is 0 Å². The molecule has 6 nitrogen and oxygen atoms in total. The molecule has 0 N–H and O–H groups in total. The van der Waals surface area contributed by atoms with Gasteiger partial charge in [-0.3, -0.25) is 0 Å². The van der Waals surface area contributed by atoms with Crippen LogP contribution in [0.5, 0.6) is 0 Å². The molecule has 0 aliphatic heterocycles. The molecule has 20 heavy (non-hydrogen) atoms. The Bertz CT molecular complexity index is 731. The highest BCUT2D eigenvalue weighted by molar-refractivity contribution is 7.98. The van der Waals surface area contributed by atoms with Crippen molar-refractivity contribution in [2.24, 2.45) is 0 Å². The van der Waals surface area contributed by atoms with Gasteiger partial charge < -0.3 is 8.94 Å². The molecule has 0 aliphatic carbocycles. The van der Waals surface area contributed by atoms with Crippen LogP contribution >= 0.6 is 23.1 Å². The van der Waals surface area contributed by atoms with Crippen LogP contribution in [0.25, 0.3) is 10.8 Å². The van der Waals surface area contributed by atoms with Crippen LogP contribution in [0.2, 0.25) is 0 Å². The van der Waals surface area contributed by atoms with Gasteiger partial charge in [-0.25, -0.2) is 4.98 Å². The molecular weight excluding hydrogens is 296 g/mol. The van der Waals surface area contributed by atoms with Crippen LogP contribution in [0, 0.1) is 20.8 Å². The Morgan fingerprint density at radius 2 is 2.10 bits per heavy atom. The van der Waals surface area contributed by atoms with Crippen LogP contribution in [0.3, 0.4) is 0 Å². The predicted molar refractivity (Wildman–Crippen MR) is 75.7 cm³/mol. The Hall–Kier alpha value is -1.67. The number of aryl methyl sites for hydroxylation is 3. The zero-order valence-corrected chi connectivity index (χ0v) is 12.8. The van der Waals surface area contributed by atoms with E-state index in [1.807, 2.05) is 26.8 Å². The fourth-order valence-electron chi connectivity index (χ4n) is 1.71. The third-order valence-corrected chi connectivity index (χ3v) is 4.44. The van der Waals surface area contributed by atoms with Crippen molar-refractivity contribution in [3.8, 4) is 10.8 Å². The maximum atomic E-state index is 5.65. The summed E-state index contributed by atoms with van der Waals surface area (Å²) >= 11 is 2.99. The summed E-state index contributed by atoms with van der Waals surface area (Å²) in [6.07, 6.45) is 0. The van der Waals surface area contributed by atoms with Crippen LogP contribution in [-0.2, 0) is 5.75 Å². The second-order valence-corrected chi connectivity index (χ2v) is 6.37. The van der Waals surface area contributed by atoms with Gasteiger partial charge in [0.25, 0.3) is 11.1 Å². The highest BCUT2D eigenvalue weighted by Crippen LogP contribution is 2.31. The maximum Gasteiger partial charge on any atom is 0.277 e. The van der Waals surface area contributed by atoms with Gasteiger partial charge in [-0.05, 0) is 20.8 Å². The van der Waals surface area contributed by atoms with Crippen molar-refractivity contribution in [3.63, 3.8) is 0 Å². The largest absolute Gasteiger partial charge is 0.410 e. The first-order chi connectivity index (χ1) is 9.61. The number of thiazole rings is 1. The molecule has 0 atom stereocenters. The number of hydrogen-bond acceptors (Lipinski definition) is 8. The average Bonchev–Trinajstić information content (AvgIpc) is 3.08. The van der Waals surface area contributed by atoms with E-state index in [0.717, 1.165) is 27.0 Å². The lowest BCUT2D eigenvalue weighted by Gasteiger charge is -1.91. The maximum absolute atomic E-state index is 5.65. The molecule has 3 heterocycles. The highest BCUT2D eigenvalue weighted by atomic mass is 32.2. The van der Waals surface area contributed by atoms with Gasteiger partial charge in [-0.1, -0.05) is 16.9 Å². The summed E-state index contributed by atoms with van der Waals surface area (Å²) in [6, 6.07) is 1.89. The molecule has 0 aromatic carbocycles. The van der Waals surface area contributed by atoms with E-state index >= 15 is 0 Å². The number of hydrogen-bond donors (Lipinski definition) is 0. The first kappa shape index (κ1) is 13.3. The lowest BCUT2D eigenvalue weighted by atomic mass is 10.4. The van der Waals surface area contributed by atoms with Crippen LogP contribution in [-0.4, -0.2) is 20.3 Å². The Morgan fingerprint density at radius 1 is 1.25 bits per heavy atom. The quantitative estimate of drug-likeness (QED) is 0.683. The second kappa shape index (κ2) is 5.37. The molecule has 0 saturated carbocycles. The molecule has 0 unspecified atom stereocenters. The average molecular weight is 308 g/mol. The fourth-order valence-corrected chi connectivity index (χ4v) is 3.20. The molecular formula is C12H12N4O2S2. The summed E-state index contributed by atoms with van der Waals surface area (Å²) in [5, 5.41) is 13.5. The molecule has 0 saturated heterocycles. The van der Waals surface area contributed by atoms with Gasteiger partial charge in [-0.2, -0.15) is 0 Å². The van der Waals surface area contributed by atoms with Crippen molar-refractivity contribution in [3.05, 3.63) is 28.2 Å². The molecule has 3 rings (SSSR count).